The first kappa shape index (κ1) is 20.3. The Labute approximate surface area is 176 Å². The number of piperazine rings is 1. The lowest BCUT2D eigenvalue weighted by atomic mass is 10.0. The minimum absolute atomic E-state index is 0.0641. The Kier molecular flexibility index (Phi) is 5.46. The maximum atomic E-state index is 13.1. The highest BCUT2D eigenvalue weighted by Crippen LogP contribution is 2.38. The molecule has 8 nitrogen and oxygen atoms in total. The van der Waals surface area contributed by atoms with Gasteiger partial charge in [-0.2, -0.15) is 5.26 Å². The molecule has 1 aromatic rings. The van der Waals surface area contributed by atoms with Gasteiger partial charge in [-0.05, 0) is 31.7 Å². The average molecular weight is 406 g/mol. The van der Waals surface area contributed by atoms with Crippen LogP contribution in [0.4, 0.5) is 5.69 Å². The van der Waals surface area contributed by atoms with Gasteiger partial charge in [0.2, 0.25) is 11.8 Å². The van der Waals surface area contributed by atoms with Gasteiger partial charge in [-0.3, -0.25) is 14.5 Å². The summed E-state index contributed by atoms with van der Waals surface area (Å²) in [5.74, 6) is -0.122. The third kappa shape index (κ3) is 3.43. The van der Waals surface area contributed by atoms with Crippen LogP contribution in [0.25, 0.3) is 4.85 Å². The zero-order chi connectivity index (χ0) is 21.4. The van der Waals surface area contributed by atoms with Crippen LogP contribution in [-0.2, 0) is 9.59 Å². The van der Waals surface area contributed by atoms with Crippen LogP contribution < -0.4 is 5.73 Å². The van der Waals surface area contributed by atoms with Crippen molar-refractivity contribution in [3.05, 3.63) is 41.2 Å². The number of amides is 2. The summed E-state index contributed by atoms with van der Waals surface area (Å²) in [4.78, 5) is 34.7. The van der Waals surface area contributed by atoms with Gasteiger partial charge in [0.05, 0.1) is 30.8 Å². The molecule has 2 N–H and O–H groups in total. The molecule has 3 aliphatic rings. The topological polar surface area (TPSA) is 98.0 Å². The van der Waals surface area contributed by atoms with Gasteiger partial charge in [-0.25, -0.2) is 4.85 Å². The number of carbonyl (C=O) groups is 2. The maximum Gasteiger partial charge on any atom is 0.241 e. The second kappa shape index (κ2) is 8.06. The molecule has 3 aliphatic heterocycles. The fourth-order valence-electron chi connectivity index (χ4n) is 5.10. The molecule has 0 aromatic heterocycles. The number of fused-ring (bicyclic) bond motifs is 2. The van der Waals surface area contributed by atoms with Crippen molar-refractivity contribution in [2.45, 2.75) is 56.4 Å². The minimum Gasteiger partial charge on any atom is -0.330 e. The van der Waals surface area contributed by atoms with Gasteiger partial charge in [-0.15, -0.1) is 0 Å². The van der Waals surface area contributed by atoms with E-state index in [-0.39, 0.29) is 36.0 Å². The van der Waals surface area contributed by atoms with E-state index < -0.39 is 6.04 Å². The van der Waals surface area contributed by atoms with Crippen LogP contribution in [0.3, 0.4) is 0 Å². The van der Waals surface area contributed by atoms with Gasteiger partial charge < -0.3 is 15.5 Å². The van der Waals surface area contributed by atoms with Gasteiger partial charge in [0.25, 0.3) is 0 Å². The van der Waals surface area contributed by atoms with E-state index in [9.17, 15) is 14.9 Å². The molecule has 5 atom stereocenters. The van der Waals surface area contributed by atoms with Crippen LogP contribution in [0.2, 0.25) is 0 Å². The van der Waals surface area contributed by atoms with Crippen LogP contribution in [0.5, 0.6) is 0 Å². The Hall–Kier alpha value is -2.94. The number of likely N-dealkylation sites (tertiary alicyclic amines) is 3. The van der Waals surface area contributed by atoms with Gasteiger partial charge in [0.15, 0.2) is 5.69 Å². The Morgan fingerprint density at radius 3 is 2.77 bits per heavy atom. The highest BCUT2D eigenvalue weighted by molar-refractivity contribution is 5.87. The highest BCUT2D eigenvalue weighted by atomic mass is 16.2. The fraction of sp³-hybridized carbons (Fsp3) is 0.545. The lowest BCUT2D eigenvalue weighted by Crippen LogP contribution is -2.56. The maximum absolute atomic E-state index is 13.1. The number of carbonyl (C=O) groups excluding carboxylic acids is 2. The summed E-state index contributed by atoms with van der Waals surface area (Å²) in [7, 11) is 0. The second-order valence-electron chi connectivity index (χ2n) is 8.41. The molecular formula is C22H26N6O2. The number of rotatable bonds is 5. The average Bonchev–Trinajstić information content (AvgIpc) is 3.47. The summed E-state index contributed by atoms with van der Waals surface area (Å²) in [6.07, 6.45) is 2.27. The standard InChI is InChI=1S/C22H26N6O2/c1-14(15-5-7-16(25-2)8-6-15)28-18-10-20(22(28)30)26(12-18)13-19(24)21(29)27-9-3-4-17(27)11-23/h5-8,14,17-20H,3-4,9-10,12-13,24H2,1H3/t14-,17-,18?,19-,20+/m0/s1. The van der Waals surface area contributed by atoms with E-state index in [4.69, 9.17) is 12.3 Å². The van der Waals surface area contributed by atoms with E-state index in [0.717, 1.165) is 18.4 Å². The molecule has 2 bridgehead atoms. The Bertz CT molecular complexity index is 917. The molecule has 1 aromatic carbocycles. The Morgan fingerprint density at radius 1 is 1.40 bits per heavy atom. The van der Waals surface area contributed by atoms with Gasteiger partial charge in [0.1, 0.15) is 6.04 Å². The van der Waals surface area contributed by atoms with Gasteiger partial charge in [0, 0.05) is 25.7 Å². The molecular weight excluding hydrogens is 380 g/mol. The largest absolute Gasteiger partial charge is 0.330 e. The number of nitrogens with zero attached hydrogens (tertiary/aromatic N) is 5. The number of benzene rings is 1. The molecule has 0 aliphatic carbocycles. The van der Waals surface area contributed by atoms with Crippen LogP contribution in [0, 0.1) is 17.9 Å². The first-order chi connectivity index (χ1) is 14.4. The molecule has 3 saturated heterocycles. The Morgan fingerprint density at radius 2 is 2.13 bits per heavy atom. The molecule has 3 heterocycles. The van der Waals surface area contributed by atoms with Gasteiger partial charge >= 0.3 is 0 Å². The summed E-state index contributed by atoms with van der Waals surface area (Å²) in [6.45, 7) is 10.7. The van der Waals surface area contributed by atoms with Crippen LogP contribution >= 0.6 is 0 Å². The van der Waals surface area contributed by atoms with E-state index in [0.29, 0.717) is 31.7 Å². The minimum atomic E-state index is -0.724. The third-order valence-corrected chi connectivity index (χ3v) is 6.67. The molecule has 4 rings (SSSR count). The fourth-order valence-corrected chi connectivity index (χ4v) is 5.10. The third-order valence-electron chi connectivity index (χ3n) is 6.67. The van der Waals surface area contributed by atoms with Crippen molar-refractivity contribution in [3.8, 4) is 6.07 Å². The van der Waals surface area contributed by atoms with E-state index >= 15 is 0 Å². The molecule has 2 amide bonds. The lowest BCUT2D eigenvalue weighted by Gasteiger charge is -2.38. The van der Waals surface area contributed by atoms with E-state index in [1.54, 1.807) is 17.0 Å². The van der Waals surface area contributed by atoms with Crippen molar-refractivity contribution in [2.24, 2.45) is 5.73 Å². The molecule has 0 spiro atoms. The quantitative estimate of drug-likeness (QED) is 0.746. The van der Waals surface area contributed by atoms with Crippen molar-refractivity contribution in [1.82, 2.24) is 14.7 Å². The molecule has 0 saturated carbocycles. The SMILES string of the molecule is [C-]#[N+]c1ccc([C@H](C)N2C(=O)[C@H]3CC2CN3C[C@H](N)C(=O)N2CCC[C@H]2C#N)cc1. The van der Waals surface area contributed by atoms with Crippen molar-refractivity contribution in [1.29, 1.82) is 5.26 Å². The summed E-state index contributed by atoms with van der Waals surface area (Å²) < 4.78 is 0. The van der Waals surface area contributed by atoms with Crippen LogP contribution in [0.1, 0.15) is 37.8 Å². The summed E-state index contributed by atoms with van der Waals surface area (Å²) in [5, 5.41) is 9.22. The molecule has 0 radical (unpaired) electrons. The first-order valence-corrected chi connectivity index (χ1v) is 10.4. The normalized spacial score (nSPS) is 27.7. The second-order valence-corrected chi connectivity index (χ2v) is 8.41. The molecule has 30 heavy (non-hydrogen) atoms. The number of nitriles is 1. The zero-order valence-electron chi connectivity index (χ0n) is 17.1. The van der Waals surface area contributed by atoms with Crippen molar-refractivity contribution in [3.63, 3.8) is 0 Å². The lowest BCUT2D eigenvalue weighted by molar-refractivity contribution is -0.140. The monoisotopic (exact) mass is 406 g/mol. The summed E-state index contributed by atoms with van der Waals surface area (Å²) >= 11 is 0. The first-order valence-electron chi connectivity index (χ1n) is 10.4. The predicted octanol–water partition coefficient (Wildman–Crippen LogP) is 1.43. The van der Waals surface area contributed by atoms with Crippen molar-refractivity contribution in [2.75, 3.05) is 19.6 Å². The number of hydrogen-bond acceptors (Lipinski definition) is 5. The molecule has 1 unspecified atom stereocenters. The molecule has 156 valence electrons. The predicted molar refractivity (Wildman–Crippen MR) is 110 cm³/mol. The van der Waals surface area contributed by atoms with E-state index in [1.165, 1.54) is 0 Å². The summed E-state index contributed by atoms with van der Waals surface area (Å²) in [5.41, 5.74) is 7.79. The number of nitrogens with two attached hydrogens (primary N) is 1. The smallest absolute Gasteiger partial charge is 0.241 e. The summed E-state index contributed by atoms with van der Waals surface area (Å²) in [6, 6.07) is 8.23. The van der Waals surface area contributed by atoms with Crippen LogP contribution in [0.15, 0.2) is 24.3 Å². The van der Waals surface area contributed by atoms with E-state index in [2.05, 4.69) is 10.9 Å². The Balaban J connectivity index is 1.39. The number of hydrogen-bond donors (Lipinski definition) is 1. The molecule has 3 fully saturated rings. The van der Waals surface area contributed by atoms with Crippen molar-refractivity contribution >= 4 is 17.5 Å². The zero-order valence-corrected chi connectivity index (χ0v) is 17.1. The van der Waals surface area contributed by atoms with Crippen molar-refractivity contribution < 1.29 is 9.59 Å². The van der Waals surface area contributed by atoms with E-state index in [1.807, 2.05) is 28.9 Å². The highest BCUT2D eigenvalue weighted by Gasteiger charge is 2.51. The van der Waals surface area contributed by atoms with Gasteiger partial charge in [-0.1, -0.05) is 24.3 Å². The molecule has 8 heteroatoms. The van der Waals surface area contributed by atoms with Crippen LogP contribution in [-0.4, -0.2) is 70.3 Å².